The zero-order chi connectivity index (χ0) is 10.8. The summed E-state index contributed by atoms with van der Waals surface area (Å²) in [5.41, 5.74) is 10.5. The number of amides is 1. The molecule has 1 saturated carbocycles. The van der Waals surface area contributed by atoms with E-state index in [1.54, 1.807) is 13.8 Å². The largest absolute Gasteiger partial charge is 0.351 e. The predicted octanol–water partition coefficient (Wildman–Crippen LogP) is -0.0327. The second-order valence-corrected chi connectivity index (χ2v) is 4.73. The van der Waals surface area contributed by atoms with Gasteiger partial charge in [-0.1, -0.05) is 6.42 Å². The molecule has 1 fully saturated rings. The van der Waals surface area contributed by atoms with Crippen LogP contribution in [0.1, 0.15) is 33.1 Å². The smallest absolute Gasteiger partial charge is 0.239 e. The Hall–Kier alpha value is -0.610. The summed E-state index contributed by atoms with van der Waals surface area (Å²) in [4.78, 5) is 11.6. The molecule has 0 aromatic carbocycles. The van der Waals surface area contributed by atoms with Gasteiger partial charge >= 0.3 is 0 Å². The highest BCUT2D eigenvalue weighted by Crippen LogP contribution is 2.24. The highest BCUT2D eigenvalue weighted by molar-refractivity contribution is 5.85. The van der Waals surface area contributed by atoms with E-state index in [1.807, 2.05) is 0 Å². The van der Waals surface area contributed by atoms with Crippen molar-refractivity contribution in [3.8, 4) is 0 Å². The average Bonchev–Trinajstić information content (AvgIpc) is 2.50. The van der Waals surface area contributed by atoms with Crippen LogP contribution in [0.2, 0.25) is 0 Å². The second kappa shape index (κ2) is 4.28. The SMILES string of the molecule is CC(C)(N)C(=O)NC1CCCC1CN. The molecule has 4 nitrogen and oxygen atoms in total. The Morgan fingerprint density at radius 3 is 2.64 bits per heavy atom. The van der Waals surface area contributed by atoms with Crippen LogP contribution in [0.3, 0.4) is 0 Å². The summed E-state index contributed by atoms with van der Waals surface area (Å²) in [6, 6.07) is 0.232. The van der Waals surface area contributed by atoms with Gasteiger partial charge in [0.05, 0.1) is 5.54 Å². The van der Waals surface area contributed by atoms with Crippen molar-refractivity contribution in [2.45, 2.75) is 44.7 Å². The minimum atomic E-state index is -0.790. The Labute approximate surface area is 85.4 Å². The molecule has 0 aromatic rings. The van der Waals surface area contributed by atoms with Crippen LogP contribution >= 0.6 is 0 Å². The van der Waals surface area contributed by atoms with Gasteiger partial charge in [0.15, 0.2) is 0 Å². The van der Waals surface area contributed by atoms with E-state index in [4.69, 9.17) is 11.5 Å². The maximum absolute atomic E-state index is 11.6. The number of carbonyl (C=O) groups is 1. The highest BCUT2D eigenvalue weighted by atomic mass is 16.2. The van der Waals surface area contributed by atoms with E-state index in [0.717, 1.165) is 19.3 Å². The molecular formula is C10H21N3O. The van der Waals surface area contributed by atoms with Crippen LogP contribution in [-0.4, -0.2) is 24.0 Å². The molecule has 0 aromatic heterocycles. The van der Waals surface area contributed by atoms with E-state index in [2.05, 4.69) is 5.32 Å². The van der Waals surface area contributed by atoms with Gasteiger partial charge in [-0.15, -0.1) is 0 Å². The molecule has 1 amide bonds. The van der Waals surface area contributed by atoms with E-state index in [0.29, 0.717) is 12.5 Å². The van der Waals surface area contributed by atoms with Gasteiger partial charge in [-0.2, -0.15) is 0 Å². The van der Waals surface area contributed by atoms with Crippen LogP contribution in [0.15, 0.2) is 0 Å². The molecule has 0 saturated heterocycles. The monoisotopic (exact) mass is 199 g/mol. The van der Waals surface area contributed by atoms with Gasteiger partial charge in [-0.05, 0) is 39.2 Å². The van der Waals surface area contributed by atoms with Crippen molar-refractivity contribution < 1.29 is 4.79 Å². The van der Waals surface area contributed by atoms with Crippen molar-refractivity contribution in [3.63, 3.8) is 0 Å². The van der Waals surface area contributed by atoms with Crippen molar-refractivity contribution in [2.75, 3.05) is 6.54 Å². The molecule has 0 heterocycles. The van der Waals surface area contributed by atoms with E-state index in [-0.39, 0.29) is 11.9 Å². The fourth-order valence-corrected chi connectivity index (χ4v) is 1.86. The lowest BCUT2D eigenvalue weighted by Crippen LogP contribution is -2.53. The Bertz CT molecular complexity index is 210. The molecule has 2 unspecified atom stereocenters. The van der Waals surface area contributed by atoms with Crippen molar-refractivity contribution in [2.24, 2.45) is 17.4 Å². The molecular weight excluding hydrogens is 178 g/mol. The topological polar surface area (TPSA) is 81.1 Å². The zero-order valence-corrected chi connectivity index (χ0v) is 9.05. The summed E-state index contributed by atoms with van der Waals surface area (Å²) >= 11 is 0. The molecule has 0 spiro atoms. The molecule has 5 N–H and O–H groups in total. The van der Waals surface area contributed by atoms with Crippen molar-refractivity contribution in [1.29, 1.82) is 0 Å². The predicted molar refractivity (Wildman–Crippen MR) is 56.6 cm³/mol. The van der Waals surface area contributed by atoms with Gasteiger partial charge in [0.2, 0.25) is 5.91 Å². The first kappa shape index (κ1) is 11.5. The minimum absolute atomic E-state index is 0.0807. The van der Waals surface area contributed by atoms with Crippen LogP contribution in [0.25, 0.3) is 0 Å². The number of hydrogen-bond acceptors (Lipinski definition) is 3. The quantitative estimate of drug-likeness (QED) is 0.597. The summed E-state index contributed by atoms with van der Waals surface area (Å²) in [5.74, 6) is 0.351. The van der Waals surface area contributed by atoms with Gasteiger partial charge in [0, 0.05) is 6.04 Å². The third-order valence-electron chi connectivity index (χ3n) is 2.86. The van der Waals surface area contributed by atoms with E-state index in [9.17, 15) is 4.79 Å². The van der Waals surface area contributed by atoms with Crippen LogP contribution in [0, 0.1) is 5.92 Å². The molecule has 1 rings (SSSR count). The Morgan fingerprint density at radius 2 is 2.14 bits per heavy atom. The van der Waals surface area contributed by atoms with Gasteiger partial charge in [0.1, 0.15) is 0 Å². The maximum Gasteiger partial charge on any atom is 0.239 e. The summed E-state index contributed by atoms with van der Waals surface area (Å²) in [5, 5.41) is 2.98. The molecule has 0 bridgehead atoms. The Morgan fingerprint density at radius 1 is 1.50 bits per heavy atom. The summed E-state index contributed by atoms with van der Waals surface area (Å²) in [6.45, 7) is 4.08. The number of carbonyl (C=O) groups excluding carboxylic acids is 1. The molecule has 2 atom stereocenters. The Kier molecular flexibility index (Phi) is 3.50. The average molecular weight is 199 g/mol. The maximum atomic E-state index is 11.6. The van der Waals surface area contributed by atoms with E-state index in [1.165, 1.54) is 0 Å². The van der Waals surface area contributed by atoms with Crippen molar-refractivity contribution in [1.82, 2.24) is 5.32 Å². The van der Waals surface area contributed by atoms with Crippen LogP contribution in [0.5, 0.6) is 0 Å². The number of hydrogen-bond donors (Lipinski definition) is 3. The van der Waals surface area contributed by atoms with Crippen molar-refractivity contribution >= 4 is 5.91 Å². The number of nitrogens with one attached hydrogen (secondary N) is 1. The third kappa shape index (κ3) is 2.69. The molecule has 0 radical (unpaired) electrons. The number of rotatable bonds is 3. The van der Waals surface area contributed by atoms with E-state index < -0.39 is 5.54 Å². The van der Waals surface area contributed by atoms with Gasteiger partial charge in [-0.3, -0.25) is 4.79 Å². The summed E-state index contributed by atoms with van der Waals surface area (Å²) in [6.07, 6.45) is 3.30. The molecule has 14 heavy (non-hydrogen) atoms. The zero-order valence-electron chi connectivity index (χ0n) is 9.05. The normalized spacial score (nSPS) is 27.7. The van der Waals surface area contributed by atoms with Gasteiger partial charge in [0.25, 0.3) is 0 Å². The molecule has 82 valence electrons. The first-order valence-electron chi connectivity index (χ1n) is 5.25. The number of nitrogens with two attached hydrogens (primary N) is 2. The molecule has 1 aliphatic carbocycles. The van der Waals surface area contributed by atoms with Crippen LogP contribution in [0.4, 0.5) is 0 Å². The standard InChI is InChI=1S/C10H21N3O/c1-10(2,12)9(14)13-8-5-3-4-7(8)6-11/h7-8H,3-6,11-12H2,1-2H3,(H,13,14). The first-order chi connectivity index (χ1) is 6.45. The fourth-order valence-electron chi connectivity index (χ4n) is 1.86. The molecule has 1 aliphatic rings. The summed E-state index contributed by atoms with van der Waals surface area (Å²) in [7, 11) is 0. The molecule has 0 aliphatic heterocycles. The third-order valence-corrected chi connectivity index (χ3v) is 2.86. The van der Waals surface area contributed by atoms with Crippen molar-refractivity contribution in [3.05, 3.63) is 0 Å². The van der Waals surface area contributed by atoms with Gasteiger partial charge < -0.3 is 16.8 Å². The van der Waals surface area contributed by atoms with Gasteiger partial charge in [-0.25, -0.2) is 0 Å². The second-order valence-electron chi connectivity index (χ2n) is 4.73. The lowest BCUT2D eigenvalue weighted by molar-refractivity contribution is -0.126. The summed E-state index contributed by atoms with van der Waals surface area (Å²) < 4.78 is 0. The first-order valence-corrected chi connectivity index (χ1v) is 5.25. The van der Waals surface area contributed by atoms with E-state index >= 15 is 0 Å². The fraction of sp³-hybridized carbons (Fsp3) is 0.900. The lowest BCUT2D eigenvalue weighted by atomic mass is 10.0. The lowest BCUT2D eigenvalue weighted by Gasteiger charge is -2.24. The highest BCUT2D eigenvalue weighted by Gasteiger charge is 2.31. The minimum Gasteiger partial charge on any atom is -0.351 e. The Balaban J connectivity index is 2.48. The van der Waals surface area contributed by atoms with Crippen LogP contribution in [-0.2, 0) is 4.79 Å². The molecule has 4 heteroatoms. The van der Waals surface area contributed by atoms with Crippen LogP contribution < -0.4 is 16.8 Å².